The van der Waals surface area contributed by atoms with Gasteiger partial charge in [0, 0.05) is 47.7 Å². The van der Waals surface area contributed by atoms with E-state index in [0.29, 0.717) is 29.4 Å². The molecule has 226 valence electrons. The Morgan fingerprint density at radius 3 is 2.43 bits per heavy atom. The second-order valence-electron chi connectivity index (χ2n) is 11.8. The number of benzene rings is 2. The zero-order valence-corrected chi connectivity index (χ0v) is 25.9. The van der Waals surface area contributed by atoms with Crippen LogP contribution in [0.3, 0.4) is 0 Å². The smallest absolute Gasteiger partial charge is 0.324 e. The molecule has 2 heterocycles. The summed E-state index contributed by atoms with van der Waals surface area (Å²) in [6.45, 7) is 10.7. The van der Waals surface area contributed by atoms with Crippen molar-refractivity contribution in [1.82, 2.24) is 20.6 Å². The van der Waals surface area contributed by atoms with Gasteiger partial charge in [0.15, 0.2) is 0 Å². The van der Waals surface area contributed by atoms with E-state index in [1.165, 1.54) is 11.8 Å². The Morgan fingerprint density at radius 2 is 1.73 bits per heavy atom. The van der Waals surface area contributed by atoms with Crippen molar-refractivity contribution < 1.29 is 14.3 Å². The van der Waals surface area contributed by atoms with Gasteiger partial charge in [-0.3, -0.25) is 20.1 Å². The fourth-order valence-electron chi connectivity index (χ4n) is 5.31. The van der Waals surface area contributed by atoms with E-state index in [0.717, 1.165) is 22.2 Å². The normalized spacial score (nSPS) is 16.1. The Bertz CT molecular complexity index is 1790. The number of aryl methyl sites for hydroxylation is 1. The quantitative estimate of drug-likeness (QED) is 0.151. The van der Waals surface area contributed by atoms with Crippen LogP contribution >= 0.6 is 0 Å². The van der Waals surface area contributed by atoms with Crippen molar-refractivity contribution in [3.63, 3.8) is 0 Å². The van der Waals surface area contributed by atoms with E-state index in [4.69, 9.17) is 4.74 Å². The number of carbonyl (C=O) groups is 2. The SMILES string of the molecule is CCc1cc(Oc2ccnc(C(=O)NC)c2)ccc1NC(=O)N/C(=C/C1(C(C)(C)C)C=C1C)Nc1ccc2ncccc2c1. The Hall–Kier alpha value is -5.18. The van der Waals surface area contributed by atoms with Crippen LogP contribution in [0, 0.1) is 10.8 Å². The Labute approximate surface area is 257 Å². The number of urea groups is 1. The van der Waals surface area contributed by atoms with Crippen LogP contribution in [0.1, 0.15) is 50.7 Å². The first-order chi connectivity index (χ1) is 21.0. The summed E-state index contributed by atoms with van der Waals surface area (Å²) in [7, 11) is 1.55. The number of nitrogens with zero attached hydrogens (tertiary/aromatic N) is 2. The lowest BCUT2D eigenvalue weighted by Gasteiger charge is -2.31. The Kier molecular flexibility index (Phi) is 8.40. The number of nitrogens with one attached hydrogen (secondary N) is 4. The van der Waals surface area contributed by atoms with Gasteiger partial charge in [-0.05, 0) is 78.9 Å². The third-order valence-electron chi connectivity index (χ3n) is 7.89. The van der Waals surface area contributed by atoms with E-state index < -0.39 is 0 Å². The van der Waals surface area contributed by atoms with Crippen LogP contribution in [-0.2, 0) is 6.42 Å². The fraction of sp³-hybridized carbons (Fsp3) is 0.257. The van der Waals surface area contributed by atoms with E-state index in [9.17, 15) is 9.59 Å². The number of hydrogen-bond donors (Lipinski definition) is 4. The number of allylic oxidation sites excluding steroid dienone is 3. The van der Waals surface area contributed by atoms with Crippen molar-refractivity contribution in [1.29, 1.82) is 0 Å². The fourth-order valence-corrected chi connectivity index (χ4v) is 5.31. The number of aromatic nitrogens is 2. The first-order valence-corrected chi connectivity index (χ1v) is 14.6. The van der Waals surface area contributed by atoms with Gasteiger partial charge < -0.3 is 20.7 Å². The molecule has 9 nitrogen and oxygen atoms in total. The minimum atomic E-state index is -0.374. The highest BCUT2D eigenvalue weighted by Gasteiger charge is 2.49. The van der Waals surface area contributed by atoms with E-state index in [2.05, 4.69) is 71.1 Å². The van der Waals surface area contributed by atoms with Crippen molar-refractivity contribution in [2.75, 3.05) is 17.7 Å². The zero-order valence-electron chi connectivity index (χ0n) is 25.9. The van der Waals surface area contributed by atoms with E-state index in [-0.39, 0.29) is 28.5 Å². The van der Waals surface area contributed by atoms with Crippen LogP contribution in [0.15, 0.2) is 96.6 Å². The lowest BCUT2D eigenvalue weighted by molar-refractivity contribution is 0.0957. The van der Waals surface area contributed by atoms with Crippen molar-refractivity contribution in [3.8, 4) is 11.5 Å². The molecule has 5 rings (SSSR count). The number of fused-ring (bicyclic) bond motifs is 1. The first-order valence-electron chi connectivity index (χ1n) is 14.6. The molecular weight excluding hydrogens is 552 g/mol. The van der Waals surface area contributed by atoms with E-state index in [1.54, 1.807) is 31.4 Å². The molecule has 1 aliphatic rings. The second kappa shape index (κ2) is 12.2. The Morgan fingerprint density at radius 1 is 0.955 bits per heavy atom. The molecule has 44 heavy (non-hydrogen) atoms. The predicted octanol–water partition coefficient (Wildman–Crippen LogP) is 7.41. The summed E-state index contributed by atoms with van der Waals surface area (Å²) < 4.78 is 6.00. The number of carbonyl (C=O) groups excluding carboxylic acids is 2. The van der Waals surface area contributed by atoms with Gasteiger partial charge in [0.25, 0.3) is 5.91 Å². The number of rotatable bonds is 9. The molecule has 1 aliphatic carbocycles. The van der Waals surface area contributed by atoms with Crippen molar-refractivity contribution >= 4 is 34.2 Å². The van der Waals surface area contributed by atoms with Crippen LogP contribution in [-0.4, -0.2) is 29.0 Å². The minimum Gasteiger partial charge on any atom is -0.457 e. The van der Waals surface area contributed by atoms with Crippen LogP contribution in [0.5, 0.6) is 11.5 Å². The number of anilines is 2. The average molecular weight is 591 g/mol. The molecule has 0 saturated heterocycles. The molecule has 0 aliphatic heterocycles. The lowest BCUT2D eigenvalue weighted by atomic mass is 9.74. The van der Waals surface area contributed by atoms with Crippen LogP contribution in [0.25, 0.3) is 10.9 Å². The van der Waals surface area contributed by atoms with Gasteiger partial charge in [0.1, 0.15) is 23.0 Å². The average Bonchev–Trinajstić information content (AvgIpc) is 3.67. The summed E-state index contributed by atoms with van der Waals surface area (Å²) >= 11 is 0. The number of ether oxygens (including phenoxy) is 1. The monoisotopic (exact) mass is 590 g/mol. The zero-order chi connectivity index (χ0) is 31.5. The topological polar surface area (TPSA) is 117 Å². The number of hydrogen-bond acceptors (Lipinski definition) is 6. The number of pyridine rings is 2. The molecule has 4 N–H and O–H groups in total. The van der Waals surface area contributed by atoms with Gasteiger partial charge in [-0.1, -0.05) is 45.4 Å². The summed E-state index contributed by atoms with van der Waals surface area (Å²) in [4.78, 5) is 33.9. The van der Waals surface area contributed by atoms with Gasteiger partial charge in [-0.2, -0.15) is 0 Å². The summed E-state index contributed by atoms with van der Waals surface area (Å²) in [5.41, 5.74) is 4.50. The largest absolute Gasteiger partial charge is 0.457 e. The molecule has 0 saturated carbocycles. The van der Waals surface area contributed by atoms with E-state index >= 15 is 0 Å². The van der Waals surface area contributed by atoms with Crippen LogP contribution in [0.4, 0.5) is 16.2 Å². The van der Waals surface area contributed by atoms with Gasteiger partial charge in [0.05, 0.1) is 5.52 Å². The molecule has 0 spiro atoms. The standard InChI is InChI=1S/C35H38N6O3/c1-7-23-18-26(44-27-14-16-38-30(19-27)32(42)36-6)11-13-29(23)40-33(43)41-31(21-35(20-22(35)2)34(3,4)5)39-25-10-12-28-24(17-25)9-8-15-37-28/h8-21,39H,7H2,1-6H3,(H,36,42)(H2,40,41,43)/b31-21+. The summed E-state index contributed by atoms with van der Waals surface area (Å²) in [5.74, 6) is 1.35. The maximum absolute atomic E-state index is 13.4. The third kappa shape index (κ3) is 6.57. The van der Waals surface area contributed by atoms with Gasteiger partial charge in [-0.25, -0.2) is 4.79 Å². The molecule has 2 aromatic heterocycles. The van der Waals surface area contributed by atoms with Gasteiger partial charge >= 0.3 is 6.03 Å². The van der Waals surface area contributed by atoms with Crippen LogP contribution < -0.4 is 26.0 Å². The van der Waals surface area contributed by atoms with E-state index in [1.807, 2.05) is 49.4 Å². The minimum absolute atomic E-state index is 0.0728. The van der Waals surface area contributed by atoms with Crippen molar-refractivity contribution in [3.05, 3.63) is 108 Å². The second-order valence-corrected chi connectivity index (χ2v) is 11.8. The molecular formula is C35H38N6O3. The maximum Gasteiger partial charge on any atom is 0.324 e. The molecule has 3 amide bonds. The molecule has 0 fully saturated rings. The van der Waals surface area contributed by atoms with Crippen molar-refractivity contribution in [2.24, 2.45) is 10.8 Å². The molecule has 2 aromatic carbocycles. The highest BCUT2D eigenvalue weighted by Crippen LogP contribution is 2.58. The summed E-state index contributed by atoms with van der Waals surface area (Å²) in [6, 6.07) is 18.2. The highest BCUT2D eigenvalue weighted by molar-refractivity contribution is 5.93. The van der Waals surface area contributed by atoms with Gasteiger partial charge in [-0.15, -0.1) is 0 Å². The highest BCUT2D eigenvalue weighted by atomic mass is 16.5. The van der Waals surface area contributed by atoms with Gasteiger partial charge in [0.2, 0.25) is 0 Å². The predicted molar refractivity (Wildman–Crippen MR) is 175 cm³/mol. The number of amides is 3. The lowest BCUT2D eigenvalue weighted by Crippen LogP contribution is -2.34. The molecule has 0 radical (unpaired) electrons. The summed E-state index contributed by atoms with van der Waals surface area (Å²) in [6.07, 6.45) is 8.28. The summed E-state index contributed by atoms with van der Waals surface area (Å²) in [5, 5.41) is 13.1. The van der Waals surface area contributed by atoms with Crippen LogP contribution in [0.2, 0.25) is 0 Å². The molecule has 1 atom stereocenters. The third-order valence-corrected chi connectivity index (χ3v) is 7.89. The molecule has 9 heteroatoms. The maximum atomic E-state index is 13.4. The molecule has 1 unspecified atom stereocenters. The molecule has 0 bridgehead atoms. The Balaban J connectivity index is 1.35. The molecule has 4 aromatic rings. The first kappa shape index (κ1) is 30.3. The van der Waals surface area contributed by atoms with Crippen molar-refractivity contribution in [2.45, 2.75) is 41.0 Å².